The lowest BCUT2D eigenvalue weighted by atomic mass is 9.92. The Balaban J connectivity index is 0.000000206. The highest BCUT2D eigenvalue weighted by molar-refractivity contribution is 6.21. The number of hydrogen-bond donors (Lipinski definition) is 3. The van der Waals surface area contributed by atoms with Gasteiger partial charge in [0.2, 0.25) is 0 Å². The lowest BCUT2D eigenvalue weighted by Gasteiger charge is -2.31. The lowest BCUT2D eigenvalue weighted by molar-refractivity contribution is 0.0449. The van der Waals surface area contributed by atoms with E-state index in [1.165, 1.54) is 4.90 Å². The number of carbonyl (C=O) groups excluding carboxylic acids is 2. The third-order valence-corrected chi connectivity index (χ3v) is 5.60. The van der Waals surface area contributed by atoms with Gasteiger partial charge in [-0.1, -0.05) is 12.1 Å². The topological polar surface area (TPSA) is 104 Å². The lowest BCUT2D eigenvalue weighted by Crippen LogP contribution is -2.42. The molecule has 0 atom stereocenters. The maximum Gasteiger partial charge on any atom is 0.261 e. The standard InChI is InChI=1S/C14H15NO3.C6H13NO/c16-10-7-5-9(6-8-10)15-13(17)11-3-1-2-4-12(11)14(15)18;7-5-1-3-6(8)4-2-5/h1-4,9-10,16H,5-8H2;5-6,8H,1-4,7H2. The summed E-state index contributed by atoms with van der Waals surface area (Å²) in [4.78, 5) is 25.8. The van der Waals surface area contributed by atoms with Crippen LogP contribution in [0.2, 0.25) is 0 Å². The first kappa shape index (κ1) is 19.0. The second kappa shape index (κ2) is 8.29. The molecular weight excluding hydrogens is 332 g/mol. The van der Waals surface area contributed by atoms with Crippen molar-refractivity contribution in [3.63, 3.8) is 0 Å². The van der Waals surface area contributed by atoms with Crippen LogP contribution in [0.5, 0.6) is 0 Å². The van der Waals surface area contributed by atoms with E-state index in [-0.39, 0.29) is 30.1 Å². The molecule has 6 nitrogen and oxygen atoms in total. The van der Waals surface area contributed by atoms with Crippen molar-refractivity contribution in [2.45, 2.75) is 75.7 Å². The van der Waals surface area contributed by atoms with E-state index in [2.05, 4.69) is 0 Å². The number of nitrogens with two attached hydrogens (primary N) is 1. The highest BCUT2D eigenvalue weighted by Crippen LogP contribution is 2.30. The highest BCUT2D eigenvalue weighted by atomic mass is 16.3. The van der Waals surface area contributed by atoms with Gasteiger partial charge in [0.1, 0.15) is 0 Å². The number of aliphatic hydroxyl groups is 2. The van der Waals surface area contributed by atoms with Crippen LogP contribution >= 0.6 is 0 Å². The van der Waals surface area contributed by atoms with Crippen molar-refractivity contribution >= 4 is 11.8 Å². The van der Waals surface area contributed by atoms with Crippen LogP contribution in [-0.2, 0) is 0 Å². The molecule has 2 fully saturated rings. The van der Waals surface area contributed by atoms with E-state index < -0.39 is 0 Å². The van der Waals surface area contributed by atoms with Crippen molar-refractivity contribution in [1.29, 1.82) is 0 Å². The van der Waals surface area contributed by atoms with Gasteiger partial charge in [0.15, 0.2) is 0 Å². The third-order valence-electron chi connectivity index (χ3n) is 5.60. The van der Waals surface area contributed by atoms with Crippen molar-refractivity contribution in [1.82, 2.24) is 4.90 Å². The number of rotatable bonds is 1. The van der Waals surface area contributed by atoms with Gasteiger partial charge in [-0.25, -0.2) is 0 Å². The normalized spacial score (nSPS) is 31.3. The van der Waals surface area contributed by atoms with Crippen LogP contribution in [-0.4, -0.2) is 51.2 Å². The zero-order chi connectivity index (χ0) is 18.7. The number of hydrogen-bond acceptors (Lipinski definition) is 5. The molecule has 1 aromatic rings. The average Bonchev–Trinajstić information content (AvgIpc) is 2.90. The zero-order valence-electron chi connectivity index (χ0n) is 15.0. The monoisotopic (exact) mass is 360 g/mol. The first-order chi connectivity index (χ1) is 12.5. The van der Waals surface area contributed by atoms with Gasteiger partial charge in [-0.3, -0.25) is 14.5 Å². The van der Waals surface area contributed by atoms with Gasteiger partial charge in [-0.15, -0.1) is 0 Å². The van der Waals surface area contributed by atoms with E-state index >= 15 is 0 Å². The molecule has 26 heavy (non-hydrogen) atoms. The molecule has 0 unspecified atom stereocenters. The summed E-state index contributed by atoms with van der Waals surface area (Å²) >= 11 is 0. The molecule has 1 aromatic carbocycles. The molecule has 1 heterocycles. The summed E-state index contributed by atoms with van der Waals surface area (Å²) in [5, 5.41) is 18.5. The molecule has 6 heteroatoms. The molecule has 142 valence electrons. The quantitative estimate of drug-likeness (QED) is 0.663. The van der Waals surface area contributed by atoms with Crippen molar-refractivity contribution in [3.8, 4) is 0 Å². The van der Waals surface area contributed by atoms with Gasteiger partial charge in [0.25, 0.3) is 11.8 Å². The van der Waals surface area contributed by atoms with Crippen LogP contribution in [0.1, 0.15) is 72.1 Å². The van der Waals surface area contributed by atoms with Crippen LogP contribution in [0.25, 0.3) is 0 Å². The Labute approximate surface area is 154 Å². The summed E-state index contributed by atoms with van der Waals surface area (Å²) < 4.78 is 0. The fraction of sp³-hybridized carbons (Fsp3) is 0.600. The molecule has 4 N–H and O–H groups in total. The fourth-order valence-corrected chi connectivity index (χ4v) is 3.96. The van der Waals surface area contributed by atoms with Crippen LogP contribution < -0.4 is 5.73 Å². The van der Waals surface area contributed by atoms with Gasteiger partial charge in [0.05, 0.1) is 23.3 Å². The maximum atomic E-state index is 12.2. The summed E-state index contributed by atoms with van der Waals surface area (Å²) in [7, 11) is 0. The Kier molecular flexibility index (Phi) is 6.06. The second-order valence-electron chi connectivity index (χ2n) is 7.56. The number of nitrogens with zero attached hydrogens (tertiary/aromatic N) is 1. The van der Waals surface area contributed by atoms with E-state index in [0.29, 0.717) is 42.9 Å². The third kappa shape index (κ3) is 4.14. The Morgan fingerprint density at radius 1 is 0.769 bits per heavy atom. The Morgan fingerprint density at radius 2 is 1.19 bits per heavy atom. The Hall–Kier alpha value is -1.76. The first-order valence-corrected chi connectivity index (χ1v) is 9.56. The molecular formula is C20H28N2O4. The zero-order valence-corrected chi connectivity index (χ0v) is 15.0. The fourth-order valence-electron chi connectivity index (χ4n) is 3.96. The maximum absolute atomic E-state index is 12.2. The minimum Gasteiger partial charge on any atom is -0.393 e. The first-order valence-electron chi connectivity index (χ1n) is 9.56. The van der Waals surface area contributed by atoms with Crippen LogP contribution in [0, 0.1) is 0 Å². The van der Waals surface area contributed by atoms with Gasteiger partial charge in [0, 0.05) is 12.1 Å². The van der Waals surface area contributed by atoms with E-state index in [1.54, 1.807) is 24.3 Å². The number of amides is 2. The second-order valence-corrected chi connectivity index (χ2v) is 7.56. The molecule has 0 aromatic heterocycles. The van der Waals surface area contributed by atoms with Crippen LogP contribution in [0.15, 0.2) is 24.3 Å². The molecule has 0 saturated heterocycles. The van der Waals surface area contributed by atoms with Crippen molar-refractivity contribution in [2.24, 2.45) is 5.73 Å². The molecule has 1 aliphatic heterocycles. The van der Waals surface area contributed by atoms with Gasteiger partial charge in [-0.05, 0) is 63.5 Å². The molecule has 0 radical (unpaired) electrons. The van der Waals surface area contributed by atoms with E-state index in [9.17, 15) is 14.7 Å². The number of fused-ring (bicyclic) bond motifs is 1. The van der Waals surface area contributed by atoms with Crippen LogP contribution in [0.3, 0.4) is 0 Å². The predicted octanol–water partition coefficient (Wildman–Crippen LogP) is 1.83. The SMILES string of the molecule is NC1CCC(O)CC1.O=C1c2ccccc2C(=O)N1C1CCC(O)CC1. The molecule has 0 bridgehead atoms. The minimum atomic E-state index is -0.281. The summed E-state index contributed by atoms with van der Waals surface area (Å²) in [6, 6.07) is 7.26. The summed E-state index contributed by atoms with van der Waals surface area (Å²) in [6.45, 7) is 0. The van der Waals surface area contributed by atoms with E-state index in [4.69, 9.17) is 10.8 Å². The minimum absolute atomic E-state index is 0.0548. The van der Waals surface area contributed by atoms with Gasteiger partial charge < -0.3 is 15.9 Å². The largest absolute Gasteiger partial charge is 0.393 e. The molecule has 4 rings (SSSR count). The van der Waals surface area contributed by atoms with Gasteiger partial charge >= 0.3 is 0 Å². The van der Waals surface area contributed by atoms with Crippen molar-refractivity contribution < 1.29 is 19.8 Å². The number of imide groups is 1. The Morgan fingerprint density at radius 3 is 1.62 bits per heavy atom. The van der Waals surface area contributed by atoms with E-state index in [1.807, 2.05) is 0 Å². The summed E-state index contributed by atoms with van der Waals surface area (Å²) in [5.74, 6) is -0.367. The molecule has 3 aliphatic rings. The molecule has 0 spiro atoms. The smallest absolute Gasteiger partial charge is 0.261 e. The molecule has 2 amide bonds. The molecule has 2 aliphatic carbocycles. The van der Waals surface area contributed by atoms with Gasteiger partial charge in [-0.2, -0.15) is 0 Å². The Bertz CT molecular complexity index is 602. The number of carbonyl (C=O) groups is 2. The van der Waals surface area contributed by atoms with Crippen LogP contribution in [0.4, 0.5) is 0 Å². The number of aliphatic hydroxyl groups excluding tert-OH is 2. The summed E-state index contributed by atoms with van der Waals surface area (Å²) in [5.41, 5.74) is 6.60. The summed E-state index contributed by atoms with van der Waals surface area (Å²) in [6.07, 6.45) is 6.20. The number of benzene rings is 1. The highest BCUT2D eigenvalue weighted by Gasteiger charge is 2.40. The predicted molar refractivity (Wildman–Crippen MR) is 97.7 cm³/mol. The van der Waals surface area contributed by atoms with Crippen molar-refractivity contribution in [3.05, 3.63) is 35.4 Å². The van der Waals surface area contributed by atoms with Crippen molar-refractivity contribution in [2.75, 3.05) is 0 Å². The molecule has 2 saturated carbocycles. The van der Waals surface area contributed by atoms with E-state index in [0.717, 1.165) is 25.7 Å². The average molecular weight is 360 g/mol.